The zero-order chi connectivity index (χ0) is 24.2. The van der Waals surface area contributed by atoms with Gasteiger partial charge in [0.2, 0.25) is 0 Å². The Labute approximate surface area is 215 Å². The molecular weight excluding hydrogens is 458 g/mol. The number of rotatable bonds is 3. The largest absolute Gasteiger partial charge is 0.296 e. The first-order chi connectivity index (χ1) is 17.7. The van der Waals surface area contributed by atoms with Crippen molar-refractivity contribution in [2.45, 2.75) is 44.9 Å². The van der Waals surface area contributed by atoms with Gasteiger partial charge in [0, 0.05) is 11.3 Å². The molecule has 1 fully saturated rings. The summed E-state index contributed by atoms with van der Waals surface area (Å²) in [6, 6.07) is 28.6. The van der Waals surface area contributed by atoms with E-state index >= 15 is 0 Å². The normalized spacial score (nSPS) is 14.8. The van der Waals surface area contributed by atoms with Crippen molar-refractivity contribution in [2.75, 3.05) is 0 Å². The number of imidazole rings is 1. The van der Waals surface area contributed by atoms with E-state index in [4.69, 9.17) is 4.98 Å². The molecule has 0 unspecified atom stereocenters. The maximum absolute atomic E-state index is 5.20. The highest BCUT2D eigenvalue weighted by Gasteiger charge is 2.31. The number of aromatic nitrogens is 3. The van der Waals surface area contributed by atoms with E-state index in [-0.39, 0.29) is 0 Å². The molecule has 1 saturated carbocycles. The quantitative estimate of drug-likeness (QED) is 0.230. The summed E-state index contributed by atoms with van der Waals surface area (Å²) in [4.78, 5) is 5.20. The minimum atomic E-state index is 0.613. The van der Waals surface area contributed by atoms with Crippen molar-refractivity contribution < 1.29 is 4.57 Å². The molecule has 3 nitrogen and oxygen atoms in total. The van der Waals surface area contributed by atoms with Crippen LogP contribution < -0.4 is 4.57 Å². The number of benzene rings is 4. The molecule has 36 heavy (non-hydrogen) atoms. The van der Waals surface area contributed by atoms with E-state index in [2.05, 4.69) is 102 Å². The summed E-state index contributed by atoms with van der Waals surface area (Å²) in [7, 11) is 2.21. The molecule has 178 valence electrons. The molecule has 0 bridgehead atoms. The fraction of sp³-hybridized carbons (Fsp3) is 0.250. The smallest absolute Gasteiger partial charge is 0.241 e. The zero-order valence-corrected chi connectivity index (χ0v) is 21.7. The van der Waals surface area contributed by atoms with Gasteiger partial charge in [-0.1, -0.05) is 73.9 Å². The van der Waals surface area contributed by atoms with E-state index in [1.807, 2.05) is 11.3 Å². The number of fused-ring (bicyclic) bond motifs is 3. The molecule has 0 atom stereocenters. The van der Waals surface area contributed by atoms with Gasteiger partial charge < -0.3 is 0 Å². The van der Waals surface area contributed by atoms with E-state index in [0.29, 0.717) is 5.92 Å². The minimum Gasteiger partial charge on any atom is -0.241 e. The lowest BCUT2D eigenvalue weighted by Crippen LogP contribution is -2.30. The third-order valence-corrected chi connectivity index (χ3v) is 9.23. The van der Waals surface area contributed by atoms with Crippen LogP contribution in [0.25, 0.3) is 49.1 Å². The monoisotopic (exact) mass is 488 g/mol. The number of aryl methyl sites for hydroxylation is 2. The molecule has 0 radical (unpaired) electrons. The molecule has 2 aromatic heterocycles. The summed E-state index contributed by atoms with van der Waals surface area (Å²) >= 11 is 1.93. The van der Waals surface area contributed by atoms with Crippen LogP contribution in [0.15, 0.2) is 78.9 Å². The molecule has 2 heterocycles. The summed E-state index contributed by atoms with van der Waals surface area (Å²) < 4.78 is 6.16. The second-order valence-corrected chi connectivity index (χ2v) is 11.2. The topological polar surface area (TPSA) is 21.7 Å². The lowest BCUT2D eigenvalue weighted by atomic mass is 9.90. The number of thiazole rings is 1. The van der Waals surface area contributed by atoms with E-state index in [0.717, 1.165) is 5.52 Å². The van der Waals surface area contributed by atoms with Gasteiger partial charge in [-0.25, -0.2) is 9.55 Å². The van der Waals surface area contributed by atoms with Gasteiger partial charge in [0.05, 0.1) is 27.8 Å². The first-order valence-corrected chi connectivity index (χ1v) is 13.9. The van der Waals surface area contributed by atoms with E-state index in [1.165, 1.54) is 86.3 Å². The maximum atomic E-state index is 5.20. The highest BCUT2D eigenvalue weighted by Crippen LogP contribution is 2.42. The maximum Gasteiger partial charge on any atom is 0.296 e. The molecule has 6 aromatic rings. The van der Waals surface area contributed by atoms with Crippen molar-refractivity contribution in [3.8, 4) is 17.1 Å². The van der Waals surface area contributed by atoms with Crippen LogP contribution in [0.1, 0.15) is 48.6 Å². The van der Waals surface area contributed by atoms with Gasteiger partial charge in [-0.15, -0.1) is 11.3 Å². The summed E-state index contributed by atoms with van der Waals surface area (Å²) in [5.74, 6) is 1.83. The van der Waals surface area contributed by atoms with Crippen molar-refractivity contribution in [3.05, 3.63) is 89.4 Å². The van der Waals surface area contributed by atoms with Gasteiger partial charge in [0.1, 0.15) is 5.69 Å². The Morgan fingerprint density at radius 1 is 0.861 bits per heavy atom. The molecule has 0 amide bonds. The van der Waals surface area contributed by atoms with Crippen molar-refractivity contribution in [3.63, 3.8) is 0 Å². The lowest BCUT2D eigenvalue weighted by Gasteiger charge is -2.18. The first kappa shape index (κ1) is 21.8. The van der Waals surface area contributed by atoms with Gasteiger partial charge in [0.15, 0.2) is 11.0 Å². The summed E-state index contributed by atoms with van der Waals surface area (Å²) in [6.07, 6.45) is 6.58. The second kappa shape index (κ2) is 8.56. The Morgan fingerprint density at radius 2 is 1.64 bits per heavy atom. The Morgan fingerprint density at radius 3 is 2.53 bits per heavy atom. The van der Waals surface area contributed by atoms with Crippen molar-refractivity contribution in [2.24, 2.45) is 7.05 Å². The summed E-state index contributed by atoms with van der Waals surface area (Å²) in [5.41, 5.74) is 7.40. The third-order valence-electron chi connectivity index (χ3n) is 7.98. The van der Waals surface area contributed by atoms with Gasteiger partial charge in [-0.3, -0.25) is 0 Å². The number of hydrogen-bond donors (Lipinski definition) is 0. The molecule has 7 rings (SSSR count). The fourth-order valence-electron chi connectivity index (χ4n) is 6.15. The molecule has 0 spiro atoms. The third kappa shape index (κ3) is 3.31. The summed E-state index contributed by atoms with van der Waals surface area (Å²) in [6.45, 7) is 2.25. The Kier molecular flexibility index (Phi) is 5.17. The standard InChI is InChI=1S/C32H30N3S/c1-21-19-20-25-30(36-31(33-25)23-12-4-3-5-13-23)29(21)32-34(2)27-16-8-9-17-28(27)35(32)26-18-10-14-22-11-6-7-15-24(22)26/h6-11,14-20,23H,3-5,12-13H2,1-2H3/q+1. The second-order valence-electron chi connectivity index (χ2n) is 10.2. The molecule has 1 aliphatic carbocycles. The van der Waals surface area contributed by atoms with E-state index in [9.17, 15) is 0 Å². The van der Waals surface area contributed by atoms with Crippen LogP contribution in [-0.4, -0.2) is 9.55 Å². The number of nitrogens with zero attached hydrogens (tertiary/aromatic N) is 3. The molecule has 4 heteroatoms. The average Bonchev–Trinajstić information content (AvgIpc) is 3.48. The predicted octanol–water partition coefficient (Wildman–Crippen LogP) is 8.24. The van der Waals surface area contributed by atoms with Crippen LogP contribution in [0.4, 0.5) is 0 Å². The average molecular weight is 489 g/mol. The highest BCUT2D eigenvalue weighted by atomic mass is 32.1. The van der Waals surface area contributed by atoms with Gasteiger partial charge >= 0.3 is 0 Å². The van der Waals surface area contributed by atoms with Crippen LogP contribution >= 0.6 is 11.3 Å². The van der Waals surface area contributed by atoms with Gasteiger partial charge in [0.25, 0.3) is 5.82 Å². The molecule has 1 aliphatic rings. The molecular formula is C32H30N3S+. The zero-order valence-electron chi connectivity index (χ0n) is 20.9. The number of hydrogen-bond acceptors (Lipinski definition) is 2. The van der Waals surface area contributed by atoms with Crippen molar-refractivity contribution >= 4 is 43.4 Å². The van der Waals surface area contributed by atoms with Crippen molar-refractivity contribution in [1.82, 2.24) is 9.55 Å². The number of para-hydroxylation sites is 2. The van der Waals surface area contributed by atoms with Crippen LogP contribution in [0, 0.1) is 6.92 Å². The summed E-state index contributed by atoms with van der Waals surface area (Å²) in [5, 5.41) is 3.85. The van der Waals surface area contributed by atoms with Gasteiger partial charge in [-0.05, 0) is 55.0 Å². The molecule has 4 aromatic carbocycles. The molecule has 0 saturated heterocycles. The van der Waals surface area contributed by atoms with Crippen molar-refractivity contribution in [1.29, 1.82) is 0 Å². The van der Waals surface area contributed by atoms with Crippen LogP contribution in [0.2, 0.25) is 0 Å². The van der Waals surface area contributed by atoms with Crippen LogP contribution in [0.3, 0.4) is 0 Å². The Bertz CT molecular complexity index is 1750. The molecule has 0 N–H and O–H groups in total. The highest BCUT2D eigenvalue weighted by molar-refractivity contribution is 7.19. The SMILES string of the molecule is Cc1ccc2nc(C3CCCCC3)sc2c1-c1n(-c2cccc3ccccc23)c2ccccc2[n+]1C. The molecule has 0 aliphatic heterocycles. The van der Waals surface area contributed by atoms with Gasteiger partial charge in [-0.2, -0.15) is 4.57 Å². The van der Waals surface area contributed by atoms with E-state index < -0.39 is 0 Å². The Hall–Kier alpha value is -3.50. The predicted molar refractivity (Wildman–Crippen MR) is 151 cm³/mol. The van der Waals surface area contributed by atoms with Crippen LogP contribution in [-0.2, 0) is 7.05 Å². The van der Waals surface area contributed by atoms with E-state index in [1.54, 1.807) is 0 Å². The Balaban J connectivity index is 1.56. The minimum absolute atomic E-state index is 0.613. The first-order valence-electron chi connectivity index (χ1n) is 13.1. The van der Waals surface area contributed by atoms with Crippen LogP contribution in [0.5, 0.6) is 0 Å². The fourth-order valence-corrected chi connectivity index (χ4v) is 7.48. The lowest BCUT2D eigenvalue weighted by molar-refractivity contribution is -0.633.